The molecule has 0 saturated heterocycles. The van der Waals surface area contributed by atoms with Crippen LogP contribution in [0, 0.1) is 5.92 Å². The molecule has 0 unspecified atom stereocenters. The van der Waals surface area contributed by atoms with E-state index in [1.807, 2.05) is 18.2 Å². The van der Waals surface area contributed by atoms with Gasteiger partial charge in [-0.3, -0.25) is 4.79 Å². The Kier molecular flexibility index (Phi) is 8.79. The highest BCUT2D eigenvalue weighted by Crippen LogP contribution is 2.34. The molecule has 0 spiro atoms. The molecule has 6 heteroatoms. The third-order valence-corrected chi connectivity index (χ3v) is 6.00. The lowest BCUT2D eigenvalue weighted by atomic mass is 9.79. The number of hydrogen-bond acceptors (Lipinski definition) is 6. The summed E-state index contributed by atoms with van der Waals surface area (Å²) in [6.07, 6.45) is 10.4. The molecule has 180 valence electrons. The molecule has 0 amide bonds. The smallest absolute Gasteiger partial charge is 0.185 e. The molecule has 2 aromatic rings. The first-order valence-electron chi connectivity index (χ1n) is 11.3. The number of methoxy groups -OCH3 is 4. The van der Waals surface area contributed by atoms with E-state index < -0.39 is 0 Å². The van der Waals surface area contributed by atoms with Crippen molar-refractivity contribution in [2.45, 2.75) is 25.7 Å². The van der Waals surface area contributed by atoms with E-state index in [0.29, 0.717) is 40.9 Å². The molecule has 1 saturated carbocycles. The summed E-state index contributed by atoms with van der Waals surface area (Å²) in [6, 6.07) is 10.9. The molecular weight excluding hydrogens is 432 g/mol. The predicted molar refractivity (Wildman–Crippen MR) is 134 cm³/mol. The van der Waals surface area contributed by atoms with Crippen LogP contribution in [-0.2, 0) is 4.79 Å². The van der Waals surface area contributed by atoms with E-state index in [0.717, 1.165) is 30.4 Å². The van der Waals surface area contributed by atoms with E-state index in [-0.39, 0.29) is 11.5 Å². The van der Waals surface area contributed by atoms with Crippen molar-refractivity contribution < 1.29 is 28.8 Å². The Balaban J connectivity index is 1.84. The van der Waals surface area contributed by atoms with Gasteiger partial charge in [0.1, 0.15) is 5.76 Å². The molecule has 0 aromatic heterocycles. The van der Waals surface area contributed by atoms with E-state index >= 15 is 0 Å². The van der Waals surface area contributed by atoms with Gasteiger partial charge in [-0.15, -0.1) is 0 Å². The summed E-state index contributed by atoms with van der Waals surface area (Å²) in [6.45, 7) is 0. The maximum Gasteiger partial charge on any atom is 0.185 e. The number of ether oxygens (including phenoxy) is 4. The molecule has 34 heavy (non-hydrogen) atoms. The number of rotatable bonds is 11. The largest absolute Gasteiger partial charge is 0.508 e. The van der Waals surface area contributed by atoms with Crippen molar-refractivity contribution in [3.05, 3.63) is 71.0 Å². The van der Waals surface area contributed by atoms with Gasteiger partial charge in [-0.25, -0.2) is 0 Å². The summed E-state index contributed by atoms with van der Waals surface area (Å²) in [5.41, 5.74) is 2.04. The minimum atomic E-state index is -0.212. The molecule has 1 N–H and O–H groups in total. The van der Waals surface area contributed by atoms with E-state index in [2.05, 4.69) is 0 Å². The zero-order valence-corrected chi connectivity index (χ0v) is 20.2. The quantitative estimate of drug-likeness (QED) is 0.249. The fraction of sp³-hybridized carbons (Fsp3) is 0.321. The molecule has 6 nitrogen and oxygen atoms in total. The van der Waals surface area contributed by atoms with Gasteiger partial charge in [0.2, 0.25) is 0 Å². The van der Waals surface area contributed by atoms with Gasteiger partial charge in [-0.2, -0.15) is 0 Å². The molecule has 0 atom stereocenters. The normalized spacial score (nSPS) is 14.6. The van der Waals surface area contributed by atoms with Crippen LogP contribution in [0.25, 0.3) is 12.2 Å². The van der Waals surface area contributed by atoms with Crippen LogP contribution < -0.4 is 18.9 Å². The highest BCUT2D eigenvalue weighted by atomic mass is 16.5. The number of carbonyl (C=O) groups is 1. The van der Waals surface area contributed by atoms with Gasteiger partial charge in [0, 0.05) is 5.57 Å². The molecular formula is C28H32O6. The fourth-order valence-electron chi connectivity index (χ4n) is 3.78. The highest BCUT2D eigenvalue weighted by Gasteiger charge is 2.23. The summed E-state index contributed by atoms with van der Waals surface area (Å²) in [4.78, 5) is 13.1. The van der Waals surface area contributed by atoms with Gasteiger partial charge in [-0.05, 0) is 59.9 Å². The lowest BCUT2D eigenvalue weighted by Crippen LogP contribution is -2.15. The van der Waals surface area contributed by atoms with Crippen LogP contribution in [0.3, 0.4) is 0 Å². The summed E-state index contributed by atoms with van der Waals surface area (Å²) in [7, 11) is 6.30. The Morgan fingerprint density at radius 2 is 1.32 bits per heavy atom. The van der Waals surface area contributed by atoms with Crippen molar-refractivity contribution in [2.75, 3.05) is 28.4 Å². The first kappa shape index (κ1) is 25.0. The second-order valence-electron chi connectivity index (χ2n) is 8.12. The average Bonchev–Trinajstić information content (AvgIpc) is 2.84. The fourth-order valence-corrected chi connectivity index (χ4v) is 3.78. The van der Waals surface area contributed by atoms with Crippen molar-refractivity contribution in [3.8, 4) is 23.0 Å². The van der Waals surface area contributed by atoms with Crippen LogP contribution in [0.4, 0.5) is 0 Å². The SMILES string of the molecule is COc1ccc(/C=C/C(=O)C(CC2CCC2)=C(O)/C=C/c2ccc(OC)c(OC)c2)cc1OC. The number of ketones is 1. The van der Waals surface area contributed by atoms with Gasteiger partial charge in [0.25, 0.3) is 0 Å². The van der Waals surface area contributed by atoms with Crippen molar-refractivity contribution in [1.82, 2.24) is 0 Å². The number of aliphatic hydroxyl groups excluding tert-OH is 1. The summed E-state index contributed by atoms with van der Waals surface area (Å²) < 4.78 is 21.2. The van der Waals surface area contributed by atoms with Crippen molar-refractivity contribution in [2.24, 2.45) is 5.92 Å². The second kappa shape index (κ2) is 12.0. The van der Waals surface area contributed by atoms with Crippen LogP contribution in [0.1, 0.15) is 36.8 Å². The lowest BCUT2D eigenvalue weighted by molar-refractivity contribution is -0.111. The molecule has 0 heterocycles. The molecule has 0 aliphatic heterocycles. The van der Waals surface area contributed by atoms with Crippen LogP contribution in [0.15, 0.2) is 59.9 Å². The van der Waals surface area contributed by atoms with Crippen molar-refractivity contribution in [1.29, 1.82) is 0 Å². The van der Waals surface area contributed by atoms with Crippen LogP contribution in [-0.4, -0.2) is 39.3 Å². The molecule has 2 aromatic carbocycles. The Hall–Kier alpha value is -3.67. The molecule has 0 radical (unpaired) electrons. The maximum atomic E-state index is 13.1. The summed E-state index contributed by atoms with van der Waals surface area (Å²) in [5.74, 6) is 2.61. The first-order valence-corrected chi connectivity index (χ1v) is 11.3. The second-order valence-corrected chi connectivity index (χ2v) is 8.12. The number of aliphatic hydroxyl groups is 1. The average molecular weight is 465 g/mol. The van der Waals surface area contributed by atoms with E-state index in [4.69, 9.17) is 18.9 Å². The number of carbonyl (C=O) groups excluding carboxylic acids is 1. The third-order valence-electron chi connectivity index (χ3n) is 6.00. The number of hydrogen-bond donors (Lipinski definition) is 1. The summed E-state index contributed by atoms with van der Waals surface area (Å²) in [5, 5.41) is 10.8. The van der Waals surface area contributed by atoms with Crippen LogP contribution in [0.2, 0.25) is 0 Å². The van der Waals surface area contributed by atoms with Gasteiger partial charge in [-0.1, -0.05) is 43.5 Å². The first-order chi connectivity index (χ1) is 16.5. The Bertz CT molecular complexity index is 1090. The minimum Gasteiger partial charge on any atom is -0.508 e. The number of allylic oxidation sites excluding steroid dienone is 3. The van der Waals surface area contributed by atoms with Crippen molar-refractivity contribution in [3.63, 3.8) is 0 Å². The lowest BCUT2D eigenvalue weighted by Gasteiger charge is -2.25. The molecule has 1 aliphatic rings. The predicted octanol–water partition coefficient (Wildman–Crippen LogP) is 6.02. The summed E-state index contributed by atoms with van der Waals surface area (Å²) >= 11 is 0. The Morgan fingerprint density at radius 1 is 0.824 bits per heavy atom. The zero-order valence-electron chi connectivity index (χ0n) is 20.2. The number of benzene rings is 2. The van der Waals surface area contributed by atoms with Crippen LogP contribution in [0.5, 0.6) is 23.0 Å². The van der Waals surface area contributed by atoms with Gasteiger partial charge in [0.05, 0.1) is 28.4 Å². The van der Waals surface area contributed by atoms with E-state index in [9.17, 15) is 9.90 Å². The van der Waals surface area contributed by atoms with Gasteiger partial charge >= 0.3 is 0 Å². The molecule has 3 rings (SSSR count). The minimum absolute atomic E-state index is 0.0244. The molecule has 1 fully saturated rings. The topological polar surface area (TPSA) is 74.2 Å². The molecule has 0 bridgehead atoms. The van der Waals surface area contributed by atoms with E-state index in [1.165, 1.54) is 6.08 Å². The van der Waals surface area contributed by atoms with Gasteiger partial charge in [0.15, 0.2) is 28.8 Å². The third kappa shape index (κ3) is 6.22. The Labute approximate surface area is 201 Å². The maximum absolute atomic E-state index is 13.1. The standard InChI is InChI=1S/C28H32O6/c1-31-25-14-10-20(17-27(25)33-3)8-12-23(29)22(16-19-6-5-7-19)24(30)13-9-21-11-15-26(32-2)28(18-21)34-4/h8-15,17-19,29H,5-7,16H2,1-4H3/b12-8+,13-9+,23-22?. The molecule has 1 aliphatic carbocycles. The van der Waals surface area contributed by atoms with Gasteiger partial charge < -0.3 is 24.1 Å². The highest BCUT2D eigenvalue weighted by molar-refractivity contribution is 6.07. The van der Waals surface area contributed by atoms with Crippen molar-refractivity contribution >= 4 is 17.9 Å². The van der Waals surface area contributed by atoms with Crippen LogP contribution >= 0.6 is 0 Å². The monoisotopic (exact) mass is 464 g/mol. The zero-order chi connectivity index (χ0) is 24.5. The van der Waals surface area contributed by atoms with E-state index in [1.54, 1.807) is 64.9 Å². The Morgan fingerprint density at radius 3 is 1.76 bits per heavy atom.